The molecule has 7 heterocycles. The lowest BCUT2D eigenvalue weighted by Crippen LogP contribution is -2.34. The van der Waals surface area contributed by atoms with E-state index in [-0.39, 0.29) is 10.8 Å². The third kappa shape index (κ3) is 6.11. The molecule has 262 valence electrons. The van der Waals surface area contributed by atoms with Crippen molar-refractivity contribution < 1.29 is 18.9 Å². The fourth-order valence-electron chi connectivity index (χ4n) is 7.28. The number of fused-ring (bicyclic) bond motifs is 8. The fourth-order valence-corrected chi connectivity index (χ4v) is 7.28. The Balaban J connectivity index is 1.39. The van der Waals surface area contributed by atoms with E-state index < -0.39 is 12.6 Å². The Bertz CT molecular complexity index is 2230. The zero-order valence-corrected chi connectivity index (χ0v) is 29.9. The van der Waals surface area contributed by atoms with Crippen LogP contribution in [0, 0.1) is 10.8 Å². The summed E-state index contributed by atoms with van der Waals surface area (Å²) in [5.74, 6) is 0. The predicted octanol–water partition coefficient (Wildman–Crippen LogP) is 10.1. The highest BCUT2D eigenvalue weighted by molar-refractivity contribution is 5.94. The summed E-state index contributed by atoms with van der Waals surface area (Å²) >= 11 is 0. The second-order valence-electron chi connectivity index (χ2n) is 15.5. The van der Waals surface area contributed by atoms with Gasteiger partial charge in [0.15, 0.2) is 12.6 Å². The molecular weight excluding hydrogens is 649 g/mol. The van der Waals surface area contributed by atoms with E-state index in [2.05, 4.69) is 135 Å². The lowest BCUT2D eigenvalue weighted by atomic mass is 9.95. The van der Waals surface area contributed by atoms with Crippen molar-refractivity contribution in [3.05, 3.63) is 119 Å². The van der Waals surface area contributed by atoms with Crippen molar-refractivity contribution in [2.45, 2.75) is 40.3 Å². The molecule has 8 bridgehead atoms. The summed E-state index contributed by atoms with van der Waals surface area (Å²) in [4.78, 5) is 18.2. The Morgan fingerprint density at radius 1 is 0.462 bits per heavy atom. The highest BCUT2D eigenvalue weighted by Gasteiger charge is 2.34. The Hall–Kier alpha value is -5.12. The van der Waals surface area contributed by atoms with Crippen LogP contribution in [0.3, 0.4) is 0 Å². The van der Waals surface area contributed by atoms with Crippen molar-refractivity contribution in [1.82, 2.24) is 19.9 Å². The molecule has 0 amide bonds. The minimum Gasteiger partial charge on any atom is -0.355 e. The second kappa shape index (κ2) is 12.8. The maximum Gasteiger partial charge on any atom is 0.188 e. The first kappa shape index (κ1) is 32.8. The molecular formula is C44H42N4O4. The molecule has 5 aromatic rings. The summed E-state index contributed by atoms with van der Waals surface area (Å²) in [5, 5.41) is 0. The van der Waals surface area contributed by atoms with Crippen LogP contribution in [-0.2, 0) is 18.9 Å². The highest BCUT2D eigenvalue weighted by atomic mass is 16.7. The van der Waals surface area contributed by atoms with Crippen molar-refractivity contribution in [1.29, 1.82) is 0 Å². The number of benzene rings is 2. The smallest absolute Gasteiger partial charge is 0.188 e. The molecule has 0 unspecified atom stereocenters. The van der Waals surface area contributed by atoms with E-state index in [0.717, 1.165) is 78.2 Å². The van der Waals surface area contributed by atoms with Crippen LogP contribution in [0.5, 0.6) is 0 Å². The first-order valence-corrected chi connectivity index (χ1v) is 17.9. The summed E-state index contributed by atoms with van der Waals surface area (Å²) in [7, 11) is 0. The highest BCUT2D eigenvalue weighted by Crippen LogP contribution is 2.40. The van der Waals surface area contributed by atoms with E-state index >= 15 is 0 Å². The monoisotopic (exact) mass is 690 g/mol. The zero-order chi connectivity index (χ0) is 35.5. The molecule has 0 radical (unpaired) electrons. The van der Waals surface area contributed by atoms with Gasteiger partial charge >= 0.3 is 0 Å². The molecule has 9 rings (SSSR count). The maximum absolute atomic E-state index is 6.46. The van der Waals surface area contributed by atoms with Gasteiger partial charge in [-0.05, 0) is 59.7 Å². The van der Waals surface area contributed by atoms with Gasteiger partial charge in [0.2, 0.25) is 0 Å². The van der Waals surface area contributed by atoms with E-state index in [4.69, 9.17) is 28.9 Å². The van der Waals surface area contributed by atoms with Crippen LogP contribution in [0.2, 0.25) is 0 Å². The first-order chi connectivity index (χ1) is 25.2. The molecule has 2 fully saturated rings. The SMILES string of the molecule is CC1(C)COC(c2c3nc(c(-c4ccccc4)c4ccc([nH]4)c(C4OCC(C)(C)CO4)c4ccc([nH]4)c(-c4ccccc4)c4nc2C=C4)C=C3)OC1. The van der Waals surface area contributed by atoms with Crippen LogP contribution in [0.1, 0.15) is 74.2 Å². The Labute approximate surface area is 303 Å². The number of aromatic amines is 2. The number of aromatic nitrogens is 4. The maximum atomic E-state index is 6.46. The summed E-state index contributed by atoms with van der Waals surface area (Å²) in [6.45, 7) is 10.9. The molecule has 8 heteroatoms. The largest absolute Gasteiger partial charge is 0.355 e. The third-order valence-corrected chi connectivity index (χ3v) is 9.93. The minimum absolute atomic E-state index is 0.0816. The summed E-state index contributed by atoms with van der Waals surface area (Å²) in [5.41, 5.74) is 12.4. The van der Waals surface area contributed by atoms with Gasteiger partial charge in [-0.1, -0.05) is 88.4 Å². The van der Waals surface area contributed by atoms with Gasteiger partial charge in [-0.2, -0.15) is 0 Å². The number of rotatable bonds is 4. The molecule has 0 spiro atoms. The molecule has 0 atom stereocenters. The Kier molecular flexibility index (Phi) is 8.08. The van der Waals surface area contributed by atoms with Gasteiger partial charge in [-0.15, -0.1) is 0 Å². The lowest BCUT2D eigenvalue weighted by Gasteiger charge is -2.35. The van der Waals surface area contributed by atoms with Crippen molar-refractivity contribution in [3.8, 4) is 22.3 Å². The van der Waals surface area contributed by atoms with E-state index in [9.17, 15) is 0 Å². The van der Waals surface area contributed by atoms with Crippen molar-refractivity contribution in [3.63, 3.8) is 0 Å². The van der Waals surface area contributed by atoms with E-state index in [1.807, 2.05) is 12.1 Å². The first-order valence-electron chi connectivity index (χ1n) is 17.9. The number of nitrogens with one attached hydrogen (secondary N) is 2. The van der Waals surface area contributed by atoms with Gasteiger partial charge in [0.1, 0.15) is 0 Å². The van der Waals surface area contributed by atoms with Gasteiger partial charge in [0.05, 0.1) is 60.3 Å². The molecule has 3 aromatic heterocycles. The summed E-state index contributed by atoms with van der Waals surface area (Å²) in [6.07, 6.45) is 7.06. The van der Waals surface area contributed by atoms with Crippen molar-refractivity contribution in [2.75, 3.05) is 26.4 Å². The van der Waals surface area contributed by atoms with Gasteiger partial charge in [-0.25, -0.2) is 9.97 Å². The van der Waals surface area contributed by atoms with Crippen LogP contribution in [0.4, 0.5) is 0 Å². The molecule has 2 N–H and O–H groups in total. The number of nitrogens with zero attached hydrogens (tertiary/aromatic N) is 2. The fraction of sp³-hybridized carbons (Fsp3) is 0.273. The zero-order valence-electron chi connectivity index (χ0n) is 29.9. The number of H-pyrrole nitrogens is 2. The minimum atomic E-state index is -0.621. The Morgan fingerprint density at radius 2 is 0.827 bits per heavy atom. The average molecular weight is 691 g/mol. The van der Waals surface area contributed by atoms with Gasteiger partial charge in [0.25, 0.3) is 0 Å². The number of hydrogen-bond acceptors (Lipinski definition) is 6. The molecule has 8 nitrogen and oxygen atoms in total. The normalized spacial score (nSPS) is 18.5. The lowest BCUT2D eigenvalue weighted by molar-refractivity contribution is -0.226. The molecule has 0 saturated carbocycles. The quantitative estimate of drug-likeness (QED) is 0.191. The van der Waals surface area contributed by atoms with Gasteiger partial charge in [-0.3, -0.25) is 0 Å². The third-order valence-electron chi connectivity index (χ3n) is 9.93. The molecule has 4 aliphatic heterocycles. The van der Waals surface area contributed by atoms with Crippen molar-refractivity contribution in [2.24, 2.45) is 10.8 Å². The van der Waals surface area contributed by atoms with Gasteiger partial charge < -0.3 is 28.9 Å². The number of hydrogen-bond donors (Lipinski definition) is 2. The Morgan fingerprint density at radius 3 is 1.25 bits per heavy atom. The molecule has 4 aliphatic rings. The summed E-state index contributed by atoms with van der Waals surface area (Å²) < 4.78 is 25.8. The van der Waals surface area contributed by atoms with E-state index in [0.29, 0.717) is 26.4 Å². The molecule has 0 aliphatic carbocycles. The average Bonchev–Trinajstić information content (AvgIpc) is 3.98. The van der Waals surface area contributed by atoms with Crippen LogP contribution in [0.15, 0.2) is 84.9 Å². The van der Waals surface area contributed by atoms with E-state index in [1.165, 1.54) is 0 Å². The summed E-state index contributed by atoms with van der Waals surface area (Å²) in [6, 6.07) is 29.2. The van der Waals surface area contributed by atoms with Crippen LogP contribution >= 0.6 is 0 Å². The molecule has 2 saturated heterocycles. The topological polar surface area (TPSA) is 94.3 Å². The second-order valence-corrected chi connectivity index (χ2v) is 15.5. The van der Waals surface area contributed by atoms with E-state index in [1.54, 1.807) is 0 Å². The van der Waals surface area contributed by atoms with Crippen LogP contribution in [0.25, 0.3) is 68.6 Å². The van der Waals surface area contributed by atoms with Crippen LogP contribution < -0.4 is 0 Å². The standard InChI is InChI=1S/C44H42N4O4/c1-43(2)23-49-41(50-24-43)39-33-19-15-29(45-33)37(27-11-7-5-8-12-27)31-17-21-35(47-31)40(42-51-25-44(3,4)26-52-42)36-22-18-32(48-36)38(28-13-9-6-10-14-28)30-16-20-34(39)46-30/h5-22,41-42,45-46H,23-26H2,1-4H3. The van der Waals surface area contributed by atoms with Crippen LogP contribution in [-0.4, -0.2) is 46.4 Å². The van der Waals surface area contributed by atoms with Crippen molar-refractivity contribution >= 4 is 46.4 Å². The molecule has 2 aromatic carbocycles. The van der Waals surface area contributed by atoms with Gasteiger partial charge in [0, 0.05) is 44.0 Å². The number of ether oxygens (including phenoxy) is 4. The predicted molar refractivity (Wildman–Crippen MR) is 207 cm³/mol. The molecule has 52 heavy (non-hydrogen) atoms.